The summed E-state index contributed by atoms with van der Waals surface area (Å²) in [5.41, 5.74) is 0. The Hall–Kier alpha value is -1.69. The first-order valence-electron chi connectivity index (χ1n) is 6.62. The van der Waals surface area contributed by atoms with Gasteiger partial charge in [0.15, 0.2) is 0 Å². The van der Waals surface area contributed by atoms with Crippen LogP contribution in [0.3, 0.4) is 0 Å². The Morgan fingerprint density at radius 3 is 2.83 bits per heavy atom. The van der Waals surface area contributed by atoms with Crippen LogP contribution in [0.2, 0.25) is 0 Å². The highest BCUT2D eigenvalue weighted by molar-refractivity contribution is 5.33. The molecule has 0 bridgehead atoms. The number of rotatable bonds is 4. The summed E-state index contributed by atoms with van der Waals surface area (Å²) >= 11 is 0. The molecule has 1 aromatic carbocycles. The van der Waals surface area contributed by atoms with Crippen molar-refractivity contribution in [3.05, 3.63) is 24.3 Å². The smallest absolute Gasteiger partial charge is 0.123 e. The first kappa shape index (κ1) is 12.8. The van der Waals surface area contributed by atoms with E-state index in [1.54, 1.807) is 0 Å². The van der Waals surface area contributed by atoms with Gasteiger partial charge in [-0.15, -0.1) is 0 Å². The first-order chi connectivity index (χ1) is 8.83. The molecule has 3 heteroatoms. The minimum absolute atomic E-state index is 0.0227. The third-order valence-corrected chi connectivity index (χ3v) is 3.27. The van der Waals surface area contributed by atoms with Gasteiger partial charge in [0, 0.05) is 6.07 Å². The molecule has 0 radical (unpaired) electrons. The molecule has 0 saturated heterocycles. The van der Waals surface area contributed by atoms with Crippen molar-refractivity contribution in [2.24, 2.45) is 5.92 Å². The molecule has 1 aliphatic rings. The predicted molar refractivity (Wildman–Crippen MR) is 69.6 cm³/mol. The normalized spacial score (nSPS) is 23.1. The molecule has 2 atom stereocenters. The van der Waals surface area contributed by atoms with Crippen molar-refractivity contribution < 1.29 is 9.47 Å². The molecule has 1 saturated carbocycles. The van der Waals surface area contributed by atoms with Crippen LogP contribution in [-0.4, -0.2) is 12.7 Å². The Labute approximate surface area is 108 Å². The van der Waals surface area contributed by atoms with E-state index in [1.165, 1.54) is 0 Å². The van der Waals surface area contributed by atoms with Crippen molar-refractivity contribution in [2.75, 3.05) is 6.61 Å². The average molecular weight is 245 g/mol. The van der Waals surface area contributed by atoms with E-state index in [0.29, 0.717) is 6.61 Å². The van der Waals surface area contributed by atoms with Gasteiger partial charge in [-0.3, -0.25) is 0 Å². The van der Waals surface area contributed by atoms with Crippen molar-refractivity contribution in [3.8, 4) is 17.6 Å². The monoisotopic (exact) mass is 245 g/mol. The van der Waals surface area contributed by atoms with Crippen molar-refractivity contribution >= 4 is 0 Å². The minimum atomic E-state index is 0.0227. The molecular formula is C15H19NO2. The zero-order valence-corrected chi connectivity index (χ0v) is 10.8. The van der Waals surface area contributed by atoms with Crippen LogP contribution in [0.25, 0.3) is 0 Å². The number of hydrogen-bond acceptors (Lipinski definition) is 3. The fourth-order valence-corrected chi connectivity index (χ4v) is 2.36. The summed E-state index contributed by atoms with van der Waals surface area (Å²) in [5.74, 6) is 1.64. The highest BCUT2D eigenvalue weighted by atomic mass is 16.5. The highest BCUT2D eigenvalue weighted by Gasteiger charge is 2.26. The number of ether oxygens (including phenoxy) is 2. The minimum Gasteiger partial charge on any atom is -0.494 e. The molecule has 1 aromatic rings. The van der Waals surface area contributed by atoms with E-state index in [0.717, 1.165) is 37.2 Å². The molecule has 1 fully saturated rings. The van der Waals surface area contributed by atoms with Gasteiger partial charge in [0.2, 0.25) is 0 Å². The van der Waals surface area contributed by atoms with Gasteiger partial charge in [0.25, 0.3) is 0 Å². The lowest BCUT2D eigenvalue weighted by molar-refractivity contribution is 0.119. The van der Waals surface area contributed by atoms with E-state index >= 15 is 0 Å². The molecule has 0 N–H and O–H groups in total. The third-order valence-electron chi connectivity index (χ3n) is 3.27. The molecule has 18 heavy (non-hydrogen) atoms. The summed E-state index contributed by atoms with van der Waals surface area (Å²) in [6.07, 6.45) is 4.23. The molecule has 2 rings (SSSR count). The van der Waals surface area contributed by atoms with Crippen molar-refractivity contribution in [2.45, 2.75) is 38.7 Å². The standard InChI is InChI=1S/C15H19NO2/c1-2-17-13-7-5-8-14(10-13)18-15-9-4-3-6-12(15)11-16/h5,7-8,10,12,15H,2-4,6,9H2,1H3. The summed E-state index contributed by atoms with van der Waals surface area (Å²) in [6, 6.07) is 10.0. The predicted octanol–water partition coefficient (Wildman–Crippen LogP) is 3.55. The second kappa shape index (κ2) is 6.30. The van der Waals surface area contributed by atoms with E-state index in [-0.39, 0.29) is 12.0 Å². The highest BCUT2D eigenvalue weighted by Crippen LogP contribution is 2.29. The number of benzene rings is 1. The molecule has 0 heterocycles. The average Bonchev–Trinajstić information content (AvgIpc) is 2.40. The Bertz CT molecular complexity index is 425. The second-order valence-corrected chi connectivity index (χ2v) is 4.58. The number of nitrogens with zero attached hydrogens (tertiary/aromatic N) is 1. The van der Waals surface area contributed by atoms with Gasteiger partial charge in [-0.25, -0.2) is 0 Å². The van der Waals surface area contributed by atoms with Crippen molar-refractivity contribution in [3.63, 3.8) is 0 Å². The maximum Gasteiger partial charge on any atom is 0.123 e. The Kier molecular flexibility index (Phi) is 4.46. The van der Waals surface area contributed by atoms with E-state index in [1.807, 2.05) is 31.2 Å². The van der Waals surface area contributed by atoms with Gasteiger partial charge >= 0.3 is 0 Å². The number of nitriles is 1. The summed E-state index contributed by atoms with van der Waals surface area (Å²) < 4.78 is 11.4. The summed E-state index contributed by atoms with van der Waals surface area (Å²) in [6.45, 7) is 2.61. The Balaban J connectivity index is 2.03. The fraction of sp³-hybridized carbons (Fsp3) is 0.533. The van der Waals surface area contributed by atoms with E-state index < -0.39 is 0 Å². The van der Waals surface area contributed by atoms with Crippen LogP contribution in [-0.2, 0) is 0 Å². The van der Waals surface area contributed by atoms with Gasteiger partial charge in [-0.05, 0) is 38.3 Å². The van der Waals surface area contributed by atoms with Crippen LogP contribution in [0.1, 0.15) is 32.6 Å². The molecule has 0 spiro atoms. The molecule has 3 nitrogen and oxygen atoms in total. The summed E-state index contributed by atoms with van der Waals surface area (Å²) in [7, 11) is 0. The zero-order chi connectivity index (χ0) is 12.8. The van der Waals surface area contributed by atoms with E-state index in [4.69, 9.17) is 14.7 Å². The molecule has 2 unspecified atom stereocenters. The molecule has 0 aromatic heterocycles. The van der Waals surface area contributed by atoms with E-state index in [2.05, 4.69) is 6.07 Å². The zero-order valence-electron chi connectivity index (χ0n) is 10.8. The largest absolute Gasteiger partial charge is 0.494 e. The van der Waals surface area contributed by atoms with Gasteiger partial charge in [-0.1, -0.05) is 12.5 Å². The van der Waals surface area contributed by atoms with Crippen LogP contribution < -0.4 is 9.47 Å². The molecular weight excluding hydrogens is 226 g/mol. The molecule has 0 aliphatic heterocycles. The Morgan fingerprint density at radius 1 is 1.28 bits per heavy atom. The molecule has 0 amide bonds. The molecule has 96 valence electrons. The lowest BCUT2D eigenvalue weighted by atomic mass is 9.87. The lowest BCUT2D eigenvalue weighted by Crippen LogP contribution is -2.29. The van der Waals surface area contributed by atoms with Crippen LogP contribution in [0.4, 0.5) is 0 Å². The van der Waals surface area contributed by atoms with Gasteiger partial charge in [0.05, 0.1) is 18.6 Å². The van der Waals surface area contributed by atoms with Crippen molar-refractivity contribution in [1.29, 1.82) is 5.26 Å². The van der Waals surface area contributed by atoms with Gasteiger partial charge in [0.1, 0.15) is 17.6 Å². The maximum absolute atomic E-state index is 9.12. The van der Waals surface area contributed by atoms with Gasteiger partial charge < -0.3 is 9.47 Å². The summed E-state index contributed by atoms with van der Waals surface area (Å²) in [5, 5.41) is 9.12. The quantitative estimate of drug-likeness (QED) is 0.814. The lowest BCUT2D eigenvalue weighted by Gasteiger charge is -2.27. The third kappa shape index (κ3) is 3.16. The van der Waals surface area contributed by atoms with Crippen LogP contribution >= 0.6 is 0 Å². The maximum atomic E-state index is 9.12. The van der Waals surface area contributed by atoms with Gasteiger partial charge in [-0.2, -0.15) is 5.26 Å². The van der Waals surface area contributed by atoms with E-state index in [9.17, 15) is 0 Å². The van der Waals surface area contributed by atoms with Crippen LogP contribution in [0, 0.1) is 17.2 Å². The topological polar surface area (TPSA) is 42.2 Å². The van der Waals surface area contributed by atoms with Crippen LogP contribution in [0.5, 0.6) is 11.5 Å². The van der Waals surface area contributed by atoms with Crippen molar-refractivity contribution in [1.82, 2.24) is 0 Å². The second-order valence-electron chi connectivity index (χ2n) is 4.58. The molecule has 1 aliphatic carbocycles. The SMILES string of the molecule is CCOc1cccc(OC2CCCCC2C#N)c1. The fourth-order valence-electron chi connectivity index (χ4n) is 2.36. The van der Waals surface area contributed by atoms with Crippen LogP contribution in [0.15, 0.2) is 24.3 Å². The Morgan fingerprint density at radius 2 is 2.06 bits per heavy atom. The first-order valence-corrected chi connectivity index (χ1v) is 6.62. The summed E-state index contributed by atoms with van der Waals surface area (Å²) in [4.78, 5) is 0. The number of hydrogen-bond donors (Lipinski definition) is 0.